The summed E-state index contributed by atoms with van der Waals surface area (Å²) in [6.45, 7) is 32.6. The Balaban J connectivity index is 1.03. The first kappa shape index (κ1) is 50.6. The highest BCUT2D eigenvalue weighted by atomic mass is 32.1. The third kappa shape index (κ3) is 8.87. The average molecular weight is 1040 g/mol. The van der Waals surface area contributed by atoms with Crippen LogP contribution in [0.1, 0.15) is 100 Å². The Kier molecular flexibility index (Phi) is 12.9. The third-order valence-corrected chi connectivity index (χ3v) is 20.6. The number of benzene rings is 7. The van der Waals surface area contributed by atoms with E-state index in [0.717, 1.165) is 12.8 Å². The maximum atomic E-state index is 2.50. The Morgan fingerprint density at radius 2 is 0.579 bits per heavy atom. The van der Waals surface area contributed by atoms with Gasteiger partial charge < -0.3 is 0 Å². The standard InChI is InChI=1S/C70H67B3S3/c1-38-21-44(7)65(45(8)22-38)71(66-46(9)23-39(2)24-47(66)10)62-18-15-59(74-62)52-33-53(60-16-19-63(75-60)72-67-48(11)25-40(3)29-55(67)36-56-30-41(4)26-49(12)68(56)72)35-54(34-52)61-17-20-64(76-61)73-69-50(13)27-42(5)31-57(69)37-58-32-43(6)28-51(14)70(58)73/h15-35H,36-37H2,1-14H3. The van der Waals surface area contributed by atoms with Crippen molar-refractivity contribution in [3.8, 4) is 31.3 Å². The van der Waals surface area contributed by atoms with E-state index in [2.05, 4.69) is 224 Å². The lowest BCUT2D eigenvalue weighted by Crippen LogP contribution is -2.58. The first-order valence-electron chi connectivity index (χ1n) is 27.4. The van der Waals surface area contributed by atoms with Crippen LogP contribution in [-0.2, 0) is 12.8 Å². The van der Waals surface area contributed by atoms with Crippen molar-refractivity contribution in [1.82, 2.24) is 0 Å². The molecule has 0 N–H and O–H groups in total. The molecule has 374 valence electrons. The second kappa shape index (κ2) is 19.4. The van der Waals surface area contributed by atoms with Gasteiger partial charge in [-0.15, -0.1) is 34.0 Å². The molecule has 6 heteroatoms. The van der Waals surface area contributed by atoms with E-state index >= 15 is 0 Å². The van der Waals surface area contributed by atoms with E-state index < -0.39 is 0 Å². The molecule has 3 aromatic heterocycles. The van der Waals surface area contributed by atoms with Crippen LogP contribution < -0.4 is 47.1 Å². The molecule has 2 aliphatic heterocycles. The van der Waals surface area contributed by atoms with Crippen molar-refractivity contribution < 1.29 is 0 Å². The Hall–Kier alpha value is -6.17. The molecule has 0 spiro atoms. The molecule has 5 heterocycles. The van der Waals surface area contributed by atoms with Gasteiger partial charge in [-0.05, 0) is 199 Å². The van der Waals surface area contributed by atoms with Crippen LogP contribution in [0.4, 0.5) is 0 Å². The van der Waals surface area contributed by atoms with Gasteiger partial charge >= 0.3 is 0 Å². The quantitative estimate of drug-likeness (QED) is 0.133. The van der Waals surface area contributed by atoms with Crippen molar-refractivity contribution in [3.63, 3.8) is 0 Å². The maximum absolute atomic E-state index is 2.50. The molecular weight excluding hydrogens is 969 g/mol. The molecule has 0 radical (unpaired) electrons. The van der Waals surface area contributed by atoms with Crippen molar-refractivity contribution in [2.24, 2.45) is 0 Å². The average Bonchev–Trinajstić information content (AvgIpc) is 4.22. The topological polar surface area (TPSA) is 0 Å². The summed E-state index contributed by atoms with van der Waals surface area (Å²) < 4.78 is 4.23. The molecule has 0 bridgehead atoms. The number of hydrogen-bond donors (Lipinski definition) is 0. The molecular formula is C70H67B3S3. The molecule has 0 saturated carbocycles. The molecule has 0 amide bonds. The minimum absolute atomic E-state index is 0.129. The molecule has 0 fully saturated rings. The van der Waals surface area contributed by atoms with Crippen LogP contribution in [0, 0.1) is 96.9 Å². The zero-order valence-corrected chi connectivity index (χ0v) is 49.4. The zero-order chi connectivity index (χ0) is 53.2. The zero-order valence-electron chi connectivity index (χ0n) is 47.0. The minimum atomic E-state index is 0.129. The third-order valence-electron chi connectivity index (χ3n) is 17.0. The molecule has 7 aromatic carbocycles. The second-order valence-corrected chi connectivity index (χ2v) is 26.6. The fourth-order valence-electron chi connectivity index (χ4n) is 14.5. The van der Waals surface area contributed by atoms with Crippen molar-refractivity contribution >= 4 is 101 Å². The molecule has 0 atom stereocenters. The summed E-state index contributed by atoms with van der Waals surface area (Å²) in [6, 6.07) is 51.1. The van der Waals surface area contributed by atoms with Gasteiger partial charge in [0.2, 0.25) is 0 Å². The monoisotopic (exact) mass is 1040 g/mol. The van der Waals surface area contributed by atoms with Crippen LogP contribution in [0.5, 0.6) is 0 Å². The summed E-state index contributed by atoms with van der Waals surface area (Å²) >= 11 is 5.96. The lowest BCUT2D eigenvalue weighted by Gasteiger charge is -2.30. The summed E-state index contributed by atoms with van der Waals surface area (Å²) in [7, 11) is 0. The van der Waals surface area contributed by atoms with Crippen LogP contribution in [0.3, 0.4) is 0 Å². The Labute approximate surface area is 466 Å². The van der Waals surface area contributed by atoms with E-state index in [1.54, 1.807) is 0 Å². The largest absolute Gasteiger partial charge is 0.255 e. The smallest absolute Gasteiger partial charge is 0.149 e. The van der Waals surface area contributed by atoms with Gasteiger partial charge in [-0.25, -0.2) is 0 Å². The summed E-state index contributed by atoms with van der Waals surface area (Å²) in [6.07, 6.45) is 1.98. The number of thiophene rings is 3. The van der Waals surface area contributed by atoms with Crippen molar-refractivity contribution in [3.05, 3.63) is 228 Å². The van der Waals surface area contributed by atoms with Gasteiger partial charge in [-0.2, -0.15) is 0 Å². The van der Waals surface area contributed by atoms with E-state index in [1.807, 2.05) is 34.0 Å². The lowest BCUT2D eigenvalue weighted by molar-refractivity contribution is 1.16. The molecule has 0 nitrogen and oxygen atoms in total. The summed E-state index contributed by atoms with van der Waals surface area (Å²) in [5, 5.41) is 0. The summed E-state index contributed by atoms with van der Waals surface area (Å²) in [5.41, 5.74) is 37.7. The van der Waals surface area contributed by atoms with Crippen LogP contribution in [-0.4, -0.2) is 20.1 Å². The predicted octanol–water partition coefficient (Wildman–Crippen LogP) is 12.5. The lowest BCUT2D eigenvalue weighted by atomic mass is 9.34. The SMILES string of the molecule is Cc1cc(C)c(B(c2ccc(-c3cc(-c4ccc(B5c6c(C)cc(C)cc6Cc6cc(C)cc(C)c65)s4)cc(-c4ccc(B5c6c(C)cc(C)cc6Cc6cc(C)cc(C)c65)s4)c3)s2)c2c(C)cc(C)cc2C)c(C)c1. The summed E-state index contributed by atoms with van der Waals surface area (Å²) in [4.78, 5) is 3.94. The Morgan fingerprint density at radius 3 is 0.908 bits per heavy atom. The predicted molar refractivity (Wildman–Crippen MR) is 341 cm³/mol. The fourth-order valence-corrected chi connectivity index (χ4v) is 17.9. The van der Waals surface area contributed by atoms with Gasteiger partial charge in [0.05, 0.1) is 0 Å². The maximum Gasteiger partial charge on any atom is 0.255 e. The molecule has 2 aliphatic rings. The van der Waals surface area contributed by atoms with Gasteiger partial charge in [0, 0.05) is 14.6 Å². The first-order chi connectivity index (χ1) is 36.4. The Morgan fingerprint density at radius 1 is 0.303 bits per heavy atom. The van der Waals surface area contributed by atoms with E-state index in [-0.39, 0.29) is 20.1 Å². The van der Waals surface area contributed by atoms with Crippen LogP contribution in [0.2, 0.25) is 0 Å². The molecule has 76 heavy (non-hydrogen) atoms. The van der Waals surface area contributed by atoms with Crippen molar-refractivity contribution in [1.29, 1.82) is 0 Å². The highest BCUT2D eigenvalue weighted by Crippen LogP contribution is 2.38. The normalized spacial score (nSPS) is 12.7. The molecule has 10 aromatic rings. The summed E-state index contributed by atoms with van der Waals surface area (Å²) in [5.74, 6) is 0. The van der Waals surface area contributed by atoms with E-state index in [0.29, 0.717) is 0 Å². The number of rotatable bonds is 8. The van der Waals surface area contributed by atoms with Gasteiger partial charge in [0.15, 0.2) is 0 Å². The molecule has 0 aliphatic carbocycles. The second-order valence-electron chi connectivity index (χ2n) is 23.3. The van der Waals surface area contributed by atoms with Crippen molar-refractivity contribution in [2.45, 2.75) is 110 Å². The molecule has 12 rings (SSSR count). The number of fused-ring (bicyclic) bond motifs is 4. The minimum Gasteiger partial charge on any atom is -0.149 e. The van der Waals surface area contributed by atoms with Gasteiger partial charge in [-0.1, -0.05) is 202 Å². The van der Waals surface area contributed by atoms with E-state index in [1.165, 1.54) is 179 Å². The highest BCUT2D eigenvalue weighted by molar-refractivity contribution is 7.31. The van der Waals surface area contributed by atoms with E-state index in [4.69, 9.17) is 0 Å². The first-order valence-corrected chi connectivity index (χ1v) is 29.8. The molecule has 0 saturated heterocycles. The van der Waals surface area contributed by atoms with Gasteiger partial charge in [0.25, 0.3) is 20.1 Å². The van der Waals surface area contributed by atoms with Gasteiger partial charge in [-0.3, -0.25) is 0 Å². The Bertz CT molecular complexity index is 3630. The van der Waals surface area contributed by atoms with E-state index in [9.17, 15) is 0 Å². The fraction of sp³-hybridized carbons (Fsp3) is 0.229. The van der Waals surface area contributed by atoms with Crippen LogP contribution in [0.25, 0.3) is 31.3 Å². The number of aryl methyl sites for hydroxylation is 14. The van der Waals surface area contributed by atoms with Crippen molar-refractivity contribution in [2.75, 3.05) is 0 Å². The molecule has 0 unspecified atom stereocenters. The van der Waals surface area contributed by atoms with Crippen LogP contribution >= 0.6 is 34.0 Å². The highest BCUT2D eigenvalue weighted by Gasteiger charge is 2.37. The van der Waals surface area contributed by atoms with Crippen LogP contribution in [0.15, 0.2) is 127 Å². The number of hydrogen-bond acceptors (Lipinski definition) is 3. The van der Waals surface area contributed by atoms with Gasteiger partial charge in [0.1, 0.15) is 0 Å².